The van der Waals surface area contributed by atoms with E-state index in [2.05, 4.69) is 40.4 Å². The normalized spacial score (nSPS) is 17.8. The van der Waals surface area contributed by atoms with E-state index in [0.717, 1.165) is 43.8 Å². The Morgan fingerprint density at radius 1 is 0.969 bits per heavy atom. The molecule has 5 rings (SSSR count). The fourth-order valence-electron chi connectivity index (χ4n) is 4.00. The van der Waals surface area contributed by atoms with E-state index in [9.17, 15) is 12.8 Å². The first-order chi connectivity index (χ1) is 15.5. The first-order valence-electron chi connectivity index (χ1n) is 10.4. The third kappa shape index (κ3) is 3.88. The van der Waals surface area contributed by atoms with Crippen LogP contribution in [-0.2, 0) is 10.0 Å². The lowest BCUT2D eigenvalue weighted by molar-refractivity contribution is 0.383. The molecule has 1 aromatic carbocycles. The Morgan fingerprint density at radius 2 is 1.75 bits per heavy atom. The van der Waals surface area contributed by atoms with Crippen LogP contribution in [0.15, 0.2) is 35.4 Å². The van der Waals surface area contributed by atoms with Gasteiger partial charge in [0.2, 0.25) is 21.8 Å². The number of nitrogens with zero attached hydrogens (tertiary/aromatic N) is 8. The van der Waals surface area contributed by atoms with Crippen LogP contribution in [0.3, 0.4) is 0 Å². The monoisotopic (exact) mass is 459 g/mol. The van der Waals surface area contributed by atoms with Crippen molar-refractivity contribution in [2.45, 2.75) is 17.7 Å². The number of hydrogen-bond acceptors (Lipinski definition) is 9. The molecule has 11 nitrogen and oxygen atoms in total. The molecule has 2 saturated heterocycles. The van der Waals surface area contributed by atoms with Gasteiger partial charge in [-0.05, 0) is 42.3 Å². The summed E-state index contributed by atoms with van der Waals surface area (Å²) in [5.41, 5.74) is -0.0195. The van der Waals surface area contributed by atoms with Crippen molar-refractivity contribution in [3.05, 3.63) is 36.3 Å². The van der Waals surface area contributed by atoms with Gasteiger partial charge in [-0.3, -0.25) is 0 Å². The molecule has 2 aromatic heterocycles. The molecule has 0 spiro atoms. The van der Waals surface area contributed by atoms with Crippen LogP contribution in [-0.4, -0.2) is 82.6 Å². The van der Waals surface area contributed by atoms with Gasteiger partial charge in [0, 0.05) is 45.5 Å². The highest BCUT2D eigenvalue weighted by Crippen LogP contribution is 2.26. The zero-order valence-electron chi connectivity index (χ0n) is 17.2. The molecule has 32 heavy (non-hydrogen) atoms. The first-order valence-corrected chi connectivity index (χ1v) is 11.8. The number of benzene rings is 1. The highest BCUT2D eigenvalue weighted by Gasteiger charge is 2.30. The standard InChI is InChI=1S/C19H22FN9O2S/c20-16-4-3-14(13-15(16)18-23-25-26-24-18)32(30,31)29-11-9-27(10-12-29)17-5-6-21-19(22-17)28-7-1-2-8-28/h3-6,13H,1-2,7-12H2,(H,23,24,25,26). The van der Waals surface area contributed by atoms with E-state index >= 15 is 0 Å². The van der Waals surface area contributed by atoms with Crippen LogP contribution in [0.1, 0.15) is 12.8 Å². The predicted molar refractivity (Wildman–Crippen MR) is 114 cm³/mol. The molecular formula is C19H22FN9O2S. The number of nitrogens with one attached hydrogen (secondary N) is 1. The van der Waals surface area contributed by atoms with E-state index in [-0.39, 0.29) is 16.3 Å². The van der Waals surface area contributed by atoms with E-state index in [1.54, 1.807) is 6.20 Å². The molecule has 0 saturated carbocycles. The molecule has 4 heterocycles. The molecule has 0 amide bonds. The van der Waals surface area contributed by atoms with Crippen molar-refractivity contribution in [3.63, 3.8) is 0 Å². The second-order valence-electron chi connectivity index (χ2n) is 7.68. The van der Waals surface area contributed by atoms with Gasteiger partial charge in [0.25, 0.3) is 0 Å². The van der Waals surface area contributed by atoms with Crippen LogP contribution in [0.4, 0.5) is 16.2 Å². The number of rotatable bonds is 5. The molecule has 0 aliphatic carbocycles. The van der Waals surface area contributed by atoms with E-state index in [4.69, 9.17) is 0 Å². The first kappa shape index (κ1) is 20.7. The smallest absolute Gasteiger partial charge is 0.243 e. The van der Waals surface area contributed by atoms with Crippen LogP contribution in [0, 0.1) is 5.82 Å². The van der Waals surface area contributed by atoms with Crippen molar-refractivity contribution in [1.29, 1.82) is 0 Å². The summed E-state index contributed by atoms with van der Waals surface area (Å²) < 4.78 is 42.0. The minimum absolute atomic E-state index is 0.00179. The van der Waals surface area contributed by atoms with Crippen LogP contribution >= 0.6 is 0 Å². The second-order valence-corrected chi connectivity index (χ2v) is 9.62. The van der Waals surface area contributed by atoms with Crippen molar-refractivity contribution in [1.82, 2.24) is 34.9 Å². The summed E-state index contributed by atoms with van der Waals surface area (Å²) in [6, 6.07) is 5.46. The summed E-state index contributed by atoms with van der Waals surface area (Å²) in [6.07, 6.45) is 4.03. The predicted octanol–water partition coefficient (Wildman–Crippen LogP) is 0.907. The van der Waals surface area contributed by atoms with Crippen molar-refractivity contribution < 1.29 is 12.8 Å². The van der Waals surface area contributed by atoms with Crippen molar-refractivity contribution in [2.75, 3.05) is 49.1 Å². The molecular weight excluding hydrogens is 437 g/mol. The molecule has 0 unspecified atom stereocenters. The fourth-order valence-corrected chi connectivity index (χ4v) is 5.45. The number of hydrogen-bond donors (Lipinski definition) is 1. The third-order valence-electron chi connectivity index (χ3n) is 5.74. The summed E-state index contributed by atoms with van der Waals surface area (Å²) in [5, 5.41) is 13.1. The van der Waals surface area contributed by atoms with Gasteiger partial charge in [0.15, 0.2) is 0 Å². The van der Waals surface area contributed by atoms with Gasteiger partial charge in [-0.25, -0.2) is 17.8 Å². The number of anilines is 2. The van der Waals surface area contributed by atoms with Crippen molar-refractivity contribution in [3.8, 4) is 11.4 Å². The second kappa shape index (κ2) is 8.39. The van der Waals surface area contributed by atoms with Crippen molar-refractivity contribution >= 4 is 21.8 Å². The Bertz CT molecular complexity index is 1190. The van der Waals surface area contributed by atoms with Crippen LogP contribution in [0.5, 0.6) is 0 Å². The lowest BCUT2D eigenvalue weighted by Crippen LogP contribution is -2.49. The van der Waals surface area contributed by atoms with Gasteiger partial charge >= 0.3 is 0 Å². The topological polar surface area (TPSA) is 124 Å². The number of H-pyrrole nitrogens is 1. The summed E-state index contributed by atoms with van der Waals surface area (Å²) >= 11 is 0. The maximum absolute atomic E-state index is 14.2. The average Bonchev–Trinajstić information content (AvgIpc) is 3.54. The van der Waals surface area contributed by atoms with E-state index in [1.807, 2.05) is 6.07 Å². The number of tetrazole rings is 1. The lowest BCUT2D eigenvalue weighted by atomic mass is 10.2. The number of aromatic nitrogens is 6. The van der Waals surface area contributed by atoms with Crippen LogP contribution in [0.25, 0.3) is 11.4 Å². The van der Waals surface area contributed by atoms with Crippen molar-refractivity contribution in [2.24, 2.45) is 0 Å². The largest absolute Gasteiger partial charge is 0.354 e. The zero-order valence-corrected chi connectivity index (χ0v) is 18.0. The Hall–Kier alpha value is -3.19. The molecule has 2 aliphatic heterocycles. The number of halogens is 1. The van der Waals surface area contributed by atoms with Crippen LogP contribution < -0.4 is 9.80 Å². The summed E-state index contributed by atoms with van der Waals surface area (Å²) in [7, 11) is -3.81. The summed E-state index contributed by atoms with van der Waals surface area (Å²) in [5.74, 6) is 0.894. The fraction of sp³-hybridized carbons (Fsp3) is 0.421. The minimum Gasteiger partial charge on any atom is -0.354 e. The summed E-state index contributed by atoms with van der Waals surface area (Å²) in [4.78, 5) is 13.3. The Balaban J connectivity index is 1.31. The van der Waals surface area contributed by atoms with Gasteiger partial charge in [-0.2, -0.15) is 14.5 Å². The minimum atomic E-state index is -3.81. The third-order valence-corrected chi connectivity index (χ3v) is 7.64. The van der Waals surface area contributed by atoms with E-state index in [0.29, 0.717) is 26.2 Å². The average molecular weight is 460 g/mol. The number of sulfonamides is 1. The zero-order chi connectivity index (χ0) is 22.1. The maximum Gasteiger partial charge on any atom is 0.243 e. The number of piperazine rings is 1. The summed E-state index contributed by atoms with van der Waals surface area (Å²) in [6.45, 7) is 3.49. The highest BCUT2D eigenvalue weighted by molar-refractivity contribution is 7.89. The SMILES string of the molecule is O=S(=O)(c1ccc(F)c(-c2nn[nH]n2)c1)N1CCN(c2ccnc(N3CCCC3)n2)CC1. The molecule has 0 radical (unpaired) electrons. The maximum atomic E-state index is 14.2. The Morgan fingerprint density at radius 3 is 2.47 bits per heavy atom. The molecule has 168 valence electrons. The molecule has 2 aliphatic rings. The molecule has 3 aromatic rings. The number of aromatic amines is 1. The lowest BCUT2D eigenvalue weighted by Gasteiger charge is -2.35. The molecule has 2 fully saturated rings. The van der Waals surface area contributed by atoms with E-state index < -0.39 is 15.8 Å². The van der Waals surface area contributed by atoms with E-state index in [1.165, 1.54) is 16.4 Å². The Labute approximate surface area is 184 Å². The highest BCUT2D eigenvalue weighted by atomic mass is 32.2. The van der Waals surface area contributed by atoms with Gasteiger partial charge in [0.1, 0.15) is 11.6 Å². The van der Waals surface area contributed by atoms with Gasteiger partial charge in [-0.1, -0.05) is 0 Å². The molecule has 0 atom stereocenters. The van der Waals surface area contributed by atoms with Gasteiger partial charge < -0.3 is 9.80 Å². The quantitative estimate of drug-likeness (QED) is 0.593. The molecule has 13 heteroatoms. The van der Waals surface area contributed by atoms with Gasteiger partial charge in [0.05, 0.1) is 10.5 Å². The molecule has 0 bridgehead atoms. The van der Waals surface area contributed by atoms with Crippen LogP contribution in [0.2, 0.25) is 0 Å². The van der Waals surface area contributed by atoms with Gasteiger partial charge in [-0.15, -0.1) is 10.2 Å². The Kier molecular flexibility index (Phi) is 5.43. The molecule has 1 N–H and O–H groups in total.